The highest BCUT2D eigenvalue weighted by atomic mass is 32.1. The highest BCUT2D eigenvalue weighted by Crippen LogP contribution is 2.35. The van der Waals surface area contributed by atoms with Crippen molar-refractivity contribution in [3.05, 3.63) is 29.0 Å². The molecule has 0 saturated carbocycles. The van der Waals surface area contributed by atoms with Crippen LogP contribution in [0, 0.1) is 6.92 Å². The van der Waals surface area contributed by atoms with Crippen LogP contribution in [0.2, 0.25) is 0 Å². The summed E-state index contributed by atoms with van der Waals surface area (Å²) in [6.45, 7) is 5.59. The average molecular weight is 195 g/mol. The van der Waals surface area contributed by atoms with Crippen LogP contribution < -0.4 is 4.74 Å². The van der Waals surface area contributed by atoms with Crippen molar-refractivity contribution in [1.29, 1.82) is 0 Å². The fourth-order valence-electron chi connectivity index (χ4n) is 1.19. The molecule has 2 heterocycles. The maximum absolute atomic E-state index is 11.6. The Morgan fingerprint density at radius 2 is 2.31 bits per heavy atom. The van der Waals surface area contributed by atoms with Crippen LogP contribution in [-0.4, -0.2) is 17.9 Å². The topological polar surface area (TPSA) is 29.5 Å². The van der Waals surface area contributed by atoms with Crippen molar-refractivity contribution in [3.8, 4) is 5.06 Å². The summed E-state index contributed by atoms with van der Waals surface area (Å²) in [7, 11) is 1.65. The molecule has 0 bridgehead atoms. The number of ether oxygens (including phenoxy) is 1. The molecule has 68 valence electrons. The molecule has 1 amide bonds. The first-order valence-corrected chi connectivity index (χ1v) is 4.66. The maximum Gasteiger partial charge on any atom is 0.265 e. The van der Waals surface area contributed by atoms with Crippen molar-refractivity contribution in [2.45, 2.75) is 6.92 Å². The number of thiophene rings is 1. The Kier molecular flexibility index (Phi) is 1.66. The van der Waals surface area contributed by atoms with E-state index in [0.29, 0.717) is 16.5 Å². The lowest BCUT2D eigenvalue weighted by molar-refractivity contribution is 0.0748. The molecule has 1 aliphatic heterocycles. The zero-order valence-corrected chi connectivity index (χ0v) is 8.27. The molecule has 0 fully saturated rings. The van der Waals surface area contributed by atoms with Gasteiger partial charge in [-0.25, -0.2) is 0 Å². The summed E-state index contributed by atoms with van der Waals surface area (Å²) in [6.07, 6.45) is 0. The Morgan fingerprint density at radius 3 is 3.00 bits per heavy atom. The van der Waals surface area contributed by atoms with Gasteiger partial charge in [-0.1, -0.05) is 0 Å². The number of carbonyl (C=O) groups is 1. The second-order valence-electron chi connectivity index (χ2n) is 2.92. The average Bonchev–Trinajstić information content (AvgIpc) is 2.42. The minimum absolute atomic E-state index is 0.0457. The van der Waals surface area contributed by atoms with Gasteiger partial charge in [0.1, 0.15) is 0 Å². The monoisotopic (exact) mass is 195 g/mol. The van der Waals surface area contributed by atoms with Gasteiger partial charge in [0.15, 0.2) is 10.9 Å². The first-order chi connectivity index (χ1) is 6.09. The molecule has 4 heteroatoms. The highest BCUT2D eigenvalue weighted by Gasteiger charge is 2.27. The van der Waals surface area contributed by atoms with E-state index in [1.54, 1.807) is 7.05 Å². The molecule has 0 spiro atoms. The predicted octanol–water partition coefficient (Wildman–Crippen LogP) is 1.99. The molecule has 0 aromatic carbocycles. The lowest BCUT2D eigenvalue weighted by Crippen LogP contribution is -2.31. The second kappa shape index (κ2) is 2.60. The Labute approximate surface area is 80.2 Å². The normalized spacial score (nSPS) is 15.7. The van der Waals surface area contributed by atoms with Crippen LogP contribution in [0.5, 0.6) is 5.06 Å². The Balaban J connectivity index is 2.54. The van der Waals surface area contributed by atoms with Gasteiger partial charge in [0.2, 0.25) is 0 Å². The molecular weight excluding hydrogens is 186 g/mol. The minimum Gasteiger partial charge on any atom is -0.430 e. The number of rotatable bonds is 0. The number of fused-ring (bicyclic) bond motifs is 1. The minimum atomic E-state index is -0.0457. The number of hydrogen-bond donors (Lipinski definition) is 0. The summed E-state index contributed by atoms with van der Waals surface area (Å²) in [5, 5.41) is 0.658. The summed E-state index contributed by atoms with van der Waals surface area (Å²) in [4.78, 5) is 14.1. The smallest absolute Gasteiger partial charge is 0.265 e. The van der Waals surface area contributed by atoms with E-state index in [1.807, 2.05) is 13.0 Å². The van der Waals surface area contributed by atoms with E-state index in [9.17, 15) is 4.79 Å². The number of hydrogen-bond acceptors (Lipinski definition) is 3. The maximum atomic E-state index is 11.6. The van der Waals surface area contributed by atoms with Gasteiger partial charge in [0.05, 0.1) is 5.56 Å². The largest absolute Gasteiger partial charge is 0.430 e. The number of aryl methyl sites for hydroxylation is 1. The van der Waals surface area contributed by atoms with Crippen LogP contribution >= 0.6 is 11.3 Å². The third-order valence-corrected chi connectivity index (χ3v) is 2.87. The van der Waals surface area contributed by atoms with Crippen molar-refractivity contribution in [2.24, 2.45) is 0 Å². The van der Waals surface area contributed by atoms with Crippen LogP contribution in [0.1, 0.15) is 15.2 Å². The molecule has 3 nitrogen and oxygen atoms in total. The molecule has 0 N–H and O–H groups in total. The molecule has 2 rings (SSSR count). The number of nitrogens with zero attached hydrogens (tertiary/aromatic N) is 1. The van der Waals surface area contributed by atoms with E-state index in [1.165, 1.54) is 16.2 Å². The van der Waals surface area contributed by atoms with Crippen LogP contribution in [0.4, 0.5) is 0 Å². The SMILES string of the molecule is C=C1Oc2sc(C)cc2C(=O)N1C. The van der Waals surface area contributed by atoms with E-state index in [-0.39, 0.29) is 5.91 Å². The van der Waals surface area contributed by atoms with E-state index in [4.69, 9.17) is 4.74 Å². The van der Waals surface area contributed by atoms with E-state index < -0.39 is 0 Å². The van der Waals surface area contributed by atoms with Crippen molar-refractivity contribution in [3.63, 3.8) is 0 Å². The zero-order chi connectivity index (χ0) is 9.59. The molecule has 0 radical (unpaired) electrons. The summed E-state index contributed by atoms with van der Waals surface area (Å²) in [5.41, 5.74) is 0.636. The van der Waals surface area contributed by atoms with Gasteiger partial charge < -0.3 is 4.74 Å². The van der Waals surface area contributed by atoms with Crippen LogP contribution in [0.3, 0.4) is 0 Å². The fourth-order valence-corrected chi connectivity index (χ4v) is 2.05. The lowest BCUT2D eigenvalue weighted by atomic mass is 10.2. The van der Waals surface area contributed by atoms with Crippen molar-refractivity contribution < 1.29 is 9.53 Å². The van der Waals surface area contributed by atoms with Gasteiger partial charge in [0.25, 0.3) is 5.91 Å². The standard InChI is InChI=1S/C9H9NO2S/c1-5-4-7-8(11)10(3)6(2)12-9(7)13-5/h4H,2H2,1,3H3. The molecule has 13 heavy (non-hydrogen) atoms. The summed E-state index contributed by atoms with van der Waals surface area (Å²) in [6, 6.07) is 1.84. The van der Waals surface area contributed by atoms with Crippen LogP contribution in [0.25, 0.3) is 0 Å². The Morgan fingerprint density at radius 1 is 1.62 bits per heavy atom. The first kappa shape index (κ1) is 8.31. The molecule has 1 aliphatic rings. The van der Waals surface area contributed by atoms with E-state index in [0.717, 1.165) is 4.88 Å². The Hall–Kier alpha value is -1.29. The molecular formula is C9H9NO2S. The molecule has 0 atom stereocenters. The van der Waals surface area contributed by atoms with Gasteiger partial charge in [0, 0.05) is 11.9 Å². The van der Waals surface area contributed by atoms with Crippen molar-refractivity contribution in [1.82, 2.24) is 4.90 Å². The molecule has 1 aromatic rings. The quantitative estimate of drug-likeness (QED) is 0.633. The van der Waals surface area contributed by atoms with Gasteiger partial charge in [-0.2, -0.15) is 0 Å². The number of carbonyl (C=O) groups excluding carboxylic acids is 1. The second-order valence-corrected chi connectivity index (χ2v) is 4.14. The first-order valence-electron chi connectivity index (χ1n) is 3.85. The molecule has 0 saturated heterocycles. The summed E-state index contributed by atoms with van der Waals surface area (Å²) < 4.78 is 5.36. The lowest BCUT2D eigenvalue weighted by Gasteiger charge is -2.23. The third-order valence-electron chi connectivity index (χ3n) is 1.94. The molecule has 0 unspecified atom stereocenters. The summed E-state index contributed by atoms with van der Waals surface area (Å²) >= 11 is 1.47. The fraction of sp³-hybridized carbons (Fsp3) is 0.222. The Bertz CT molecular complexity index is 394. The summed E-state index contributed by atoms with van der Waals surface area (Å²) in [5.74, 6) is 0.343. The highest BCUT2D eigenvalue weighted by molar-refractivity contribution is 7.14. The van der Waals surface area contributed by atoms with Crippen LogP contribution in [0.15, 0.2) is 18.5 Å². The number of amides is 1. The van der Waals surface area contributed by atoms with E-state index >= 15 is 0 Å². The molecule has 1 aromatic heterocycles. The van der Waals surface area contributed by atoms with Gasteiger partial charge in [-0.05, 0) is 19.6 Å². The third kappa shape index (κ3) is 1.14. The van der Waals surface area contributed by atoms with Crippen molar-refractivity contribution >= 4 is 17.2 Å². The zero-order valence-electron chi connectivity index (χ0n) is 7.46. The molecule has 0 aliphatic carbocycles. The van der Waals surface area contributed by atoms with Crippen molar-refractivity contribution in [2.75, 3.05) is 7.05 Å². The van der Waals surface area contributed by atoms with Gasteiger partial charge >= 0.3 is 0 Å². The van der Waals surface area contributed by atoms with Gasteiger partial charge in [-0.15, -0.1) is 11.3 Å². The van der Waals surface area contributed by atoms with E-state index in [2.05, 4.69) is 6.58 Å². The van der Waals surface area contributed by atoms with Gasteiger partial charge in [-0.3, -0.25) is 9.69 Å². The van der Waals surface area contributed by atoms with Crippen LogP contribution in [-0.2, 0) is 0 Å². The predicted molar refractivity (Wildman–Crippen MR) is 50.9 cm³/mol.